The van der Waals surface area contributed by atoms with Gasteiger partial charge in [0.05, 0.1) is 1.37 Å². The van der Waals surface area contributed by atoms with E-state index < -0.39 is 11.9 Å². The van der Waals surface area contributed by atoms with E-state index in [9.17, 15) is 0 Å². The van der Waals surface area contributed by atoms with Crippen molar-refractivity contribution in [3.63, 3.8) is 0 Å². The smallest absolute Gasteiger partial charge is 0.106 e. The highest BCUT2D eigenvalue weighted by molar-refractivity contribution is 8.00. The lowest BCUT2D eigenvalue weighted by Gasteiger charge is -1.93. The molecule has 0 radical (unpaired) electrons. The minimum atomic E-state index is -1.27. The predicted molar refractivity (Wildman–Crippen MR) is 76.8 cm³/mol. The monoisotopic (exact) mass is 234 g/mol. The van der Waals surface area contributed by atoms with Crippen LogP contribution in [-0.2, 0) is 0 Å². The van der Waals surface area contributed by atoms with Crippen LogP contribution in [0.4, 0.5) is 0 Å². The molecule has 3 heteroatoms. The number of hydrogen-bond acceptors (Lipinski definition) is 2. The van der Waals surface area contributed by atoms with Gasteiger partial charge in [-0.25, -0.2) is 0 Å². The van der Waals surface area contributed by atoms with E-state index in [-0.39, 0.29) is 6.19 Å². The molecule has 0 fully saturated rings. The van der Waals surface area contributed by atoms with E-state index >= 15 is 0 Å². The van der Waals surface area contributed by atoms with Crippen LogP contribution in [-0.4, -0.2) is 7.31 Å². The molecule has 1 N–H and O–H groups in total. The molecule has 0 aromatic rings. The zero-order valence-electron chi connectivity index (χ0n) is 10.8. The normalized spacial score (nSPS) is 25.8. The summed E-state index contributed by atoms with van der Waals surface area (Å²) in [5.74, 6) is 0. The number of hydrogen-bond donors (Lipinski definition) is 1. The highest BCUT2D eigenvalue weighted by Gasteiger charge is 1.69. The third-order valence-corrected chi connectivity index (χ3v) is 2.04. The topological polar surface area (TPSA) is 24.4 Å². The van der Waals surface area contributed by atoms with Gasteiger partial charge in [-0.2, -0.15) is 17.0 Å². The first kappa shape index (κ1) is 9.48. The molecule has 0 saturated heterocycles. The van der Waals surface area contributed by atoms with Gasteiger partial charge in [0.15, 0.2) is 0 Å². The van der Waals surface area contributed by atoms with Crippen molar-refractivity contribution in [3.05, 3.63) is 72.2 Å². The number of allylic oxidation sites excluding steroid dienone is 11. The SMILES string of the molecule is [2H]C1=NN[SH]([2H])C=CC=CC=CC=CC=CC=C1. The quantitative estimate of drug-likeness (QED) is 0.684. The lowest BCUT2D eigenvalue weighted by Crippen LogP contribution is -1.87. The Kier molecular flexibility index (Phi) is 5.81. The molecule has 1 aliphatic heterocycles. The van der Waals surface area contributed by atoms with Gasteiger partial charge in [-0.3, -0.25) is 4.83 Å². The van der Waals surface area contributed by atoms with Gasteiger partial charge in [0.1, 0.15) is 1.12 Å². The molecule has 0 aromatic carbocycles. The average Bonchev–Trinajstić information content (AvgIpc) is 2.36. The Balaban J connectivity index is 2.77. The molecule has 1 aliphatic rings. The Morgan fingerprint density at radius 2 is 1.31 bits per heavy atom. The Hall–Kier alpha value is -1.74. The lowest BCUT2D eigenvalue weighted by atomic mass is 10.3. The Morgan fingerprint density at radius 3 is 1.94 bits per heavy atom. The first-order valence-corrected chi connectivity index (χ1v) is 5.85. The summed E-state index contributed by atoms with van der Waals surface area (Å²) in [6, 6.07) is 0. The summed E-state index contributed by atoms with van der Waals surface area (Å²) in [7, 11) is 0. The fourth-order valence-electron chi connectivity index (χ4n) is 0.833. The molecule has 84 valence electrons. The maximum Gasteiger partial charge on any atom is 0.106 e. The maximum atomic E-state index is 7.65. The zero-order chi connectivity index (χ0) is 13.1. The van der Waals surface area contributed by atoms with E-state index in [0.29, 0.717) is 0 Å². The van der Waals surface area contributed by atoms with Gasteiger partial charge in [-0.05, 0) is 11.5 Å². The van der Waals surface area contributed by atoms with Gasteiger partial charge >= 0.3 is 0 Å². The van der Waals surface area contributed by atoms with Gasteiger partial charge in [0.2, 0.25) is 0 Å². The molecular weight excluding hydrogens is 216 g/mol. The minimum absolute atomic E-state index is 0.0966. The number of nitrogens with one attached hydrogen (secondary N) is 1. The highest BCUT2D eigenvalue weighted by Crippen LogP contribution is 1.95. The van der Waals surface area contributed by atoms with Crippen LogP contribution in [0.25, 0.3) is 0 Å². The standard InChI is InChI=1S/C13H16N2S/c1-2-4-6-8-10-12-14-15-16-13-11-9-7-5-3-1/h1-13,15H,16H2/i12D,16D. The van der Waals surface area contributed by atoms with Crippen LogP contribution in [0.5, 0.6) is 0 Å². The lowest BCUT2D eigenvalue weighted by molar-refractivity contribution is 1.13. The van der Waals surface area contributed by atoms with Gasteiger partial charge in [0, 0.05) is 6.19 Å². The van der Waals surface area contributed by atoms with E-state index in [0.717, 1.165) is 0 Å². The molecule has 1 atom stereocenters. The second-order valence-electron chi connectivity index (χ2n) is 2.71. The number of hydrazone groups is 1. The predicted octanol–water partition coefficient (Wildman–Crippen LogP) is 2.98. The van der Waals surface area contributed by atoms with Crippen molar-refractivity contribution in [2.24, 2.45) is 5.10 Å². The maximum absolute atomic E-state index is 7.65. The van der Waals surface area contributed by atoms with Crippen molar-refractivity contribution in [2.75, 3.05) is 0 Å². The third kappa shape index (κ3) is 7.64. The van der Waals surface area contributed by atoms with E-state index in [1.165, 1.54) is 0 Å². The van der Waals surface area contributed by atoms with Gasteiger partial charge in [0.25, 0.3) is 0 Å². The molecule has 0 spiro atoms. The van der Waals surface area contributed by atoms with E-state index in [1.807, 2.05) is 48.6 Å². The van der Waals surface area contributed by atoms with Crippen LogP contribution in [0.1, 0.15) is 1.37 Å². The Bertz CT molecular complexity index is 446. The van der Waals surface area contributed by atoms with E-state index in [4.69, 9.17) is 2.49 Å². The van der Waals surface area contributed by atoms with E-state index in [2.05, 4.69) is 9.93 Å². The largest absolute Gasteiger partial charge is 0.273 e. The van der Waals surface area contributed by atoms with E-state index in [1.54, 1.807) is 23.6 Å². The molecule has 2 nitrogen and oxygen atoms in total. The molecule has 1 heterocycles. The van der Waals surface area contributed by atoms with Crippen molar-refractivity contribution in [1.82, 2.24) is 4.83 Å². The molecule has 0 bridgehead atoms. The van der Waals surface area contributed by atoms with Gasteiger partial charge < -0.3 is 0 Å². The first-order valence-electron chi connectivity index (χ1n) is 5.83. The number of rotatable bonds is 0. The molecule has 0 aromatic heterocycles. The molecule has 0 amide bonds. The van der Waals surface area contributed by atoms with Crippen molar-refractivity contribution in [1.29, 1.82) is 1.12 Å². The Labute approximate surface area is 103 Å². The van der Waals surface area contributed by atoms with Crippen LogP contribution in [0.3, 0.4) is 0 Å². The first-order chi connectivity index (χ1) is 8.79. The summed E-state index contributed by atoms with van der Waals surface area (Å²) in [6.45, 7) is 0. The van der Waals surface area contributed by atoms with Crippen LogP contribution in [0.15, 0.2) is 77.3 Å². The molecule has 0 aliphatic carbocycles. The van der Waals surface area contributed by atoms with Crippen molar-refractivity contribution < 1.29 is 1.37 Å². The molecule has 1 unspecified atom stereocenters. The van der Waals surface area contributed by atoms with Crippen molar-refractivity contribution in [2.45, 2.75) is 0 Å². The fourth-order valence-corrected chi connectivity index (χ4v) is 1.20. The summed E-state index contributed by atoms with van der Waals surface area (Å²) in [5, 5.41) is 5.49. The van der Waals surface area contributed by atoms with Crippen LogP contribution < -0.4 is 4.83 Å². The summed E-state index contributed by atoms with van der Waals surface area (Å²) >= 11 is -1.27. The van der Waals surface area contributed by atoms with Crippen molar-refractivity contribution >= 4 is 18.0 Å². The van der Waals surface area contributed by atoms with Crippen LogP contribution in [0, 0.1) is 0 Å². The van der Waals surface area contributed by atoms with Crippen LogP contribution >= 0.6 is 11.9 Å². The summed E-state index contributed by atoms with van der Waals surface area (Å²) < 4.78 is 15.1. The second-order valence-corrected chi connectivity index (χ2v) is 3.47. The summed E-state index contributed by atoms with van der Waals surface area (Å²) in [6.07, 6.45) is 20.3. The second kappa shape index (κ2) is 9.80. The molecule has 1 rings (SSSR count). The summed E-state index contributed by atoms with van der Waals surface area (Å²) in [4.78, 5) is 2.62. The highest BCUT2D eigenvalue weighted by atomic mass is 32.2. The van der Waals surface area contributed by atoms with Crippen molar-refractivity contribution in [3.8, 4) is 0 Å². The zero-order valence-corrected chi connectivity index (χ0v) is 9.72. The third-order valence-electron chi connectivity index (χ3n) is 1.50. The Morgan fingerprint density at radius 1 is 0.812 bits per heavy atom. The molecule has 16 heavy (non-hydrogen) atoms. The average molecular weight is 234 g/mol. The van der Waals surface area contributed by atoms with Crippen LogP contribution in [0.2, 0.25) is 0 Å². The molecule has 0 saturated carbocycles. The summed E-state index contributed by atoms with van der Waals surface area (Å²) in [5.41, 5.74) is 0. The minimum Gasteiger partial charge on any atom is -0.273 e. The van der Waals surface area contributed by atoms with Gasteiger partial charge in [-0.15, -0.1) is 0 Å². The molecular formula is C13H16N2S. The fraction of sp³-hybridized carbons (Fsp3) is 0. The van der Waals surface area contributed by atoms with Gasteiger partial charge in [-0.1, -0.05) is 60.8 Å². The number of nitrogens with zero attached hydrogens (tertiary/aromatic N) is 1.